The van der Waals surface area contributed by atoms with Crippen LogP contribution >= 0.6 is 0 Å². The Morgan fingerprint density at radius 3 is 2.43 bits per heavy atom. The second-order valence-electron chi connectivity index (χ2n) is 6.10. The minimum absolute atomic E-state index is 0.163. The van der Waals surface area contributed by atoms with Crippen molar-refractivity contribution < 1.29 is 27.4 Å². The highest BCUT2D eigenvalue weighted by Gasteiger charge is 2.23. The number of hydrogen-bond acceptors (Lipinski definition) is 4. The molecule has 3 rings (SSSR count). The van der Waals surface area contributed by atoms with Gasteiger partial charge in [0.15, 0.2) is 11.6 Å². The maximum atomic E-state index is 13.8. The van der Waals surface area contributed by atoms with Crippen LogP contribution in [0.15, 0.2) is 42.5 Å². The van der Waals surface area contributed by atoms with Crippen LogP contribution in [0.4, 0.5) is 29.3 Å². The number of carbonyl (C=O) groups is 1. The Morgan fingerprint density at radius 2 is 1.79 bits per heavy atom. The first-order valence-corrected chi connectivity index (χ1v) is 8.66. The zero-order valence-corrected chi connectivity index (χ0v) is 15.2. The number of nitrogens with one attached hydrogen (secondary N) is 1. The first-order chi connectivity index (χ1) is 13.5. The Morgan fingerprint density at radius 1 is 1.07 bits per heavy atom. The first kappa shape index (κ1) is 19.7. The van der Waals surface area contributed by atoms with Crippen molar-refractivity contribution in [3.8, 4) is 11.5 Å². The Labute approximate surface area is 160 Å². The molecule has 1 saturated heterocycles. The van der Waals surface area contributed by atoms with Gasteiger partial charge in [-0.1, -0.05) is 12.1 Å². The Balaban J connectivity index is 1.57. The lowest BCUT2D eigenvalue weighted by Gasteiger charge is -2.36. The smallest absolute Gasteiger partial charge is 0.387 e. The molecule has 2 aromatic rings. The molecule has 0 unspecified atom stereocenters. The molecular formula is C19H20F3N3O3. The average molecular weight is 395 g/mol. The van der Waals surface area contributed by atoms with Gasteiger partial charge in [0.2, 0.25) is 0 Å². The van der Waals surface area contributed by atoms with Gasteiger partial charge in [0, 0.05) is 37.9 Å². The van der Waals surface area contributed by atoms with Gasteiger partial charge in [0.1, 0.15) is 5.75 Å². The molecule has 2 amide bonds. The highest BCUT2D eigenvalue weighted by molar-refractivity contribution is 5.89. The number of methoxy groups -OCH3 is 1. The van der Waals surface area contributed by atoms with Gasteiger partial charge in [-0.3, -0.25) is 0 Å². The van der Waals surface area contributed by atoms with Crippen LogP contribution < -0.4 is 19.7 Å². The van der Waals surface area contributed by atoms with E-state index in [0.29, 0.717) is 26.2 Å². The fraction of sp³-hybridized carbons (Fsp3) is 0.316. The number of piperazine rings is 1. The van der Waals surface area contributed by atoms with Crippen molar-refractivity contribution in [1.29, 1.82) is 0 Å². The number of rotatable bonds is 5. The largest absolute Gasteiger partial charge is 0.495 e. The Bertz CT molecular complexity index is 827. The van der Waals surface area contributed by atoms with Crippen LogP contribution in [0, 0.1) is 5.82 Å². The molecule has 0 aliphatic carbocycles. The van der Waals surface area contributed by atoms with Crippen LogP contribution in [-0.4, -0.2) is 50.8 Å². The van der Waals surface area contributed by atoms with Gasteiger partial charge in [-0.05, 0) is 24.3 Å². The molecule has 1 fully saturated rings. The van der Waals surface area contributed by atoms with E-state index < -0.39 is 18.2 Å². The monoisotopic (exact) mass is 395 g/mol. The molecule has 1 aliphatic rings. The Kier molecular flexibility index (Phi) is 6.13. The van der Waals surface area contributed by atoms with Crippen LogP contribution in [0.2, 0.25) is 0 Å². The third kappa shape index (κ3) is 4.59. The predicted molar refractivity (Wildman–Crippen MR) is 98.8 cm³/mol. The van der Waals surface area contributed by atoms with Gasteiger partial charge in [-0.2, -0.15) is 8.78 Å². The maximum Gasteiger partial charge on any atom is 0.387 e. The third-order valence-electron chi connectivity index (χ3n) is 4.39. The van der Waals surface area contributed by atoms with E-state index in [2.05, 4.69) is 15.0 Å². The number of para-hydroxylation sites is 2. The maximum absolute atomic E-state index is 13.8. The normalized spacial score (nSPS) is 14.2. The van der Waals surface area contributed by atoms with Gasteiger partial charge in [-0.15, -0.1) is 0 Å². The molecule has 0 spiro atoms. The van der Waals surface area contributed by atoms with Crippen molar-refractivity contribution in [3.05, 3.63) is 48.3 Å². The van der Waals surface area contributed by atoms with E-state index in [1.54, 1.807) is 12.0 Å². The number of benzene rings is 2. The molecule has 28 heavy (non-hydrogen) atoms. The summed E-state index contributed by atoms with van der Waals surface area (Å²) in [4.78, 5) is 16.1. The second kappa shape index (κ2) is 8.73. The average Bonchev–Trinajstić information content (AvgIpc) is 2.70. The summed E-state index contributed by atoms with van der Waals surface area (Å²) in [6, 6.07) is 10.6. The fourth-order valence-electron chi connectivity index (χ4n) is 3.01. The van der Waals surface area contributed by atoms with E-state index in [-0.39, 0.29) is 11.7 Å². The summed E-state index contributed by atoms with van der Waals surface area (Å²) in [5, 5.41) is 2.57. The topological polar surface area (TPSA) is 54.0 Å². The lowest BCUT2D eigenvalue weighted by atomic mass is 10.2. The molecule has 0 aromatic heterocycles. The first-order valence-electron chi connectivity index (χ1n) is 8.66. The van der Waals surface area contributed by atoms with Gasteiger partial charge >= 0.3 is 12.6 Å². The molecular weight excluding hydrogens is 375 g/mol. The molecule has 1 heterocycles. The van der Waals surface area contributed by atoms with Gasteiger partial charge in [0.05, 0.1) is 12.8 Å². The minimum Gasteiger partial charge on any atom is -0.495 e. The highest BCUT2D eigenvalue weighted by Crippen LogP contribution is 2.28. The molecule has 0 atom stereocenters. The van der Waals surface area contributed by atoms with Crippen molar-refractivity contribution in [2.24, 2.45) is 0 Å². The predicted octanol–water partition coefficient (Wildman–Crippen LogP) is 3.79. The summed E-state index contributed by atoms with van der Waals surface area (Å²) in [6.45, 7) is -0.945. The quantitative estimate of drug-likeness (QED) is 0.837. The third-order valence-corrected chi connectivity index (χ3v) is 4.39. The standard InChI is InChI=1S/C19H20F3N3O3/c1-27-17-5-3-2-4-15(17)24-8-10-25(11-9-24)19(26)23-13-6-7-16(14(20)12-13)28-18(21)22/h2-7,12,18H,8-11H2,1H3,(H,23,26). The fourth-order valence-corrected chi connectivity index (χ4v) is 3.01. The van der Waals surface area contributed by atoms with Crippen molar-refractivity contribution in [2.45, 2.75) is 6.61 Å². The number of ether oxygens (including phenoxy) is 2. The molecule has 1 N–H and O–H groups in total. The zero-order valence-electron chi connectivity index (χ0n) is 15.2. The molecule has 6 nitrogen and oxygen atoms in total. The number of nitrogens with zero attached hydrogens (tertiary/aromatic N) is 2. The van der Waals surface area contributed by atoms with E-state index in [0.717, 1.165) is 23.6 Å². The SMILES string of the molecule is COc1ccccc1N1CCN(C(=O)Nc2ccc(OC(F)F)c(F)c2)CC1. The number of carbonyl (C=O) groups excluding carboxylic acids is 1. The number of anilines is 2. The summed E-state index contributed by atoms with van der Waals surface area (Å²) in [7, 11) is 1.61. The molecule has 9 heteroatoms. The molecule has 1 aliphatic heterocycles. The summed E-state index contributed by atoms with van der Waals surface area (Å²) in [5.41, 5.74) is 1.12. The van der Waals surface area contributed by atoms with Crippen molar-refractivity contribution in [2.75, 3.05) is 43.5 Å². The van der Waals surface area contributed by atoms with Crippen molar-refractivity contribution in [1.82, 2.24) is 4.90 Å². The van der Waals surface area contributed by atoms with E-state index in [1.807, 2.05) is 24.3 Å². The minimum atomic E-state index is -3.12. The molecule has 0 saturated carbocycles. The Hall–Kier alpha value is -3.10. The number of halogens is 3. The van der Waals surface area contributed by atoms with Crippen molar-refractivity contribution >= 4 is 17.4 Å². The van der Waals surface area contributed by atoms with E-state index in [4.69, 9.17) is 4.74 Å². The van der Waals surface area contributed by atoms with Gasteiger partial charge < -0.3 is 24.6 Å². The summed E-state index contributed by atoms with van der Waals surface area (Å²) in [5.74, 6) is -0.778. The lowest BCUT2D eigenvalue weighted by molar-refractivity contribution is -0.0521. The summed E-state index contributed by atoms with van der Waals surface area (Å²) in [6.07, 6.45) is 0. The second-order valence-corrected chi connectivity index (χ2v) is 6.10. The van der Waals surface area contributed by atoms with Crippen LogP contribution in [0.5, 0.6) is 11.5 Å². The zero-order chi connectivity index (χ0) is 20.1. The summed E-state index contributed by atoms with van der Waals surface area (Å²) >= 11 is 0. The van der Waals surface area contributed by atoms with Crippen LogP contribution in [0.1, 0.15) is 0 Å². The molecule has 0 radical (unpaired) electrons. The van der Waals surface area contributed by atoms with E-state index in [1.165, 1.54) is 6.07 Å². The lowest BCUT2D eigenvalue weighted by Crippen LogP contribution is -2.50. The number of amides is 2. The van der Waals surface area contributed by atoms with Crippen molar-refractivity contribution in [3.63, 3.8) is 0 Å². The summed E-state index contributed by atoms with van der Waals surface area (Å²) < 4.78 is 47.5. The molecule has 2 aromatic carbocycles. The number of urea groups is 1. The van der Waals surface area contributed by atoms with Gasteiger partial charge in [-0.25, -0.2) is 9.18 Å². The van der Waals surface area contributed by atoms with Gasteiger partial charge in [0.25, 0.3) is 0 Å². The molecule has 150 valence electrons. The van der Waals surface area contributed by atoms with E-state index >= 15 is 0 Å². The van der Waals surface area contributed by atoms with Crippen LogP contribution in [0.25, 0.3) is 0 Å². The molecule has 0 bridgehead atoms. The number of hydrogen-bond donors (Lipinski definition) is 1. The number of alkyl halides is 2. The van der Waals surface area contributed by atoms with Crippen LogP contribution in [0.3, 0.4) is 0 Å². The van der Waals surface area contributed by atoms with E-state index in [9.17, 15) is 18.0 Å². The highest BCUT2D eigenvalue weighted by atomic mass is 19.3. The van der Waals surface area contributed by atoms with Crippen LogP contribution in [-0.2, 0) is 0 Å².